The number of rotatable bonds is 2. The summed E-state index contributed by atoms with van der Waals surface area (Å²) >= 11 is 0. The molecule has 5 heteroatoms. The Bertz CT molecular complexity index is 149. The molecule has 0 saturated carbocycles. The average Bonchev–Trinajstić information content (AvgIpc) is 1.21. The van der Waals surface area contributed by atoms with Gasteiger partial charge in [0.1, 0.15) is 0 Å². The summed E-state index contributed by atoms with van der Waals surface area (Å²) in [5.41, 5.74) is 0. The van der Waals surface area contributed by atoms with Crippen LogP contribution in [0, 0.1) is 5.92 Å². The van der Waals surface area contributed by atoms with Gasteiger partial charge in [-0.2, -0.15) is 8.42 Å². The molecule has 52 valence electrons. The molecule has 0 atom stereocenters. The summed E-state index contributed by atoms with van der Waals surface area (Å²) in [5, 5.41) is 0. The first-order chi connectivity index (χ1) is 3.42. The van der Waals surface area contributed by atoms with Crippen molar-refractivity contribution in [3.8, 4) is 0 Å². The van der Waals surface area contributed by atoms with Crippen molar-refractivity contribution in [1.29, 1.82) is 0 Å². The van der Waals surface area contributed by atoms with Crippen LogP contribution in [0.4, 0.5) is 0 Å². The molecular formula is C4H11NaO3S. The normalized spacial score (nSPS) is 11.1. The zero-order valence-electron chi connectivity index (χ0n) is 4.96. The maximum absolute atomic E-state index is 10.00. The van der Waals surface area contributed by atoms with Gasteiger partial charge in [0.2, 0.25) is 0 Å². The molecule has 0 aliphatic rings. The molecule has 9 heavy (non-hydrogen) atoms. The van der Waals surface area contributed by atoms with Gasteiger partial charge in [-0.15, -0.1) is 0 Å². The number of hydrogen-bond acceptors (Lipinski definition) is 2. The van der Waals surface area contributed by atoms with Crippen LogP contribution >= 0.6 is 0 Å². The SMILES string of the molecule is CC(C)CS(=O)(=O)O.[NaH]. The van der Waals surface area contributed by atoms with Gasteiger partial charge in [0.05, 0.1) is 5.75 Å². The Kier molecular flexibility index (Phi) is 6.54. The summed E-state index contributed by atoms with van der Waals surface area (Å²) in [6.45, 7) is 3.46. The predicted molar refractivity (Wildman–Crippen MR) is 38.4 cm³/mol. The van der Waals surface area contributed by atoms with Gasteiger partial charge in [-0.25, -0.2) is 0 Å². The second kappa shape index (κ2) is 4.68. The summed E-state index contributed by atoms with van der Waals surface area (Å²) in [6.07, 6.45) is 0. The van der Waals surface area contributed by atoms with Gasteiger partial charge in [0, 0.05) is 0 Å². The third-order valence-electron chi connectivity index (χ3n) is 0.544. The Labute approximate surface area is 77.9 Å². The fourth-order valence-corrected chi connectivity index (χ4v) is 1.26. The molecule has 0 rings (SSSR count). The van der Waals surface area contributed by atoms with E-state index in [9.17, 15) is 8.42 Å². The van der Waals surface area contributed by atoms with Gasteiger partial charge >= 0.3 is 29.6 Å². The molecule has 0 amide bonds. The topological polar surface area (TPSA) is 54.4 Å². The minimum absolute atomic E-state index is 0. The summed E-state index contributed by atoms with van der Waals surface area (Å²) in [5.74, 6) is -0.141. The van der Waals surface area contributed by atoms with Crippen LogP contribution in [0.5, 0.6) is 0 Å². The van der Waals surface area contributed by atoms with Crippen molar-refractivity contribution >= 4 is 39.7 Å². The maximum atomic E-state index is 10.00. The van der Waals surface area contributed by atoms with Crippen molar-refractivity contribution in [2.24, 2.45) is 5.92 Å². The van der Waals surface area contributed by atoms with E-state index < -0.39 is 10.1 Å². The summed E-state index contributed by atoms with van der Waals surface area (Å²) in [7, 11) is -3.72. The van der Waals surface area contributed by atoms with Crippen LogP contribution in [0.1, 0.15) is 13.8 Å². The molecule has 0 aliphatic carbocycles. The molecule has 0 aromatic rings. The number of hydrogen-bond donors (Lipinski definition) is 1. The van der Waals surface area contributed by atoms with Crippen molar-refractivity contribution in [2.45, 2.75) is 13.8 Å². The van der Waals surface area contributed by atoms with Crippen LogP contribution in [-0.4, -0.2) is 48.3 Å². The van der Waals surface area contributed by atoms with Crippen LogP contribution in [0.2, 0.25) is 0 Å². The first kappa shape index (κ1) is 12.6. The molecule has 0 bridgehead atoms. The van der Waals surface area contributed by atoms with Gasteiger partial charge in [-0.3, -0.25) is 4.55 Å². The van der Waals surface area contributed by atoms with Crippen molar-refractivity contribution in [3.63, 3.8) is 0 Å². The Balaban J connectivity index is 0. The fourth-order valence-electron chi connectivity index (χ4n) is 0.421. The fraction of sp³-hybridized carbons (Fsp3) is 1.00. The van der Waals surface area contributed by atoms with Crippen molar-refractivity contribution < 1.29 is 13.0 Å². The van der Waals surface area contributed by atoms with E-state index in [0.29, 0.717) is 0 Å². The molecule has 0 aliphatic heterocycles. The van der Waals surface area contributed by atoms with E-state index in [1.165, 1.54) is 0 Å². The predicted octanol–water partition coefficient (Wildman–Crippen LogP) is -0.118. The van der Waals surface area contributed by atoms with E-state index in [0.717, 1.165) is 0 Å². The van der Waals surface area contributed by atoms with Crippen LogP contribution in [0.15, 0.2) is 0 Å². The van der Waals surface area contributed by atoms with E-state index in [4.69, 9.17) is 4.55 Å². The van der Waals surface area contributed by atoms with Gasteiger partial charge in [-0.1, -0.05) is 13.8 Å². The first-order valence-corrected chi connectivity index (χ1v) is 3.98. The van der Waals surface area contributed by atoms with Gasteiger partial charge in [0.15, 0.2) is 0 Å². The van der Waals surface area contributed by atoms with Gasteiger partial charge in [-0.05, 0) is 5.92 Å². The van der Waals surface area contributed by atoms with Crippen molar-refractivity contribution in [2.75, 3.05) is 5.75 Å². The Morgan fingerprint density at radius 1 is 1.44 bits per heavy atom. The molecule has 0 heterocycles. The average molecular weight is 162 g/mol. The minimum atomic E-state index is -3.72. The third-order valence-corrected chi connectivity index (χ3v) is 1.63. The van der Waals surface area contributed by atoms with Crippen LogP contribution in [0.25, 0.3) is 0 Å². The molecule has 0 aromatic carbocycles. The second-order valence-corrected chi connectivity index (χ2v) is 3.64. The molecule has 0 unspecified atom stereocenters. The Morgan fingerprint density at radius 2 is 1.78 bits per heavy atom. The van der Waals surface area contributed by atoms with Crippen molar-refractivity contribution in [3.05, 3.63) is 0 Å². The Morgan fingerprint density at radius 3 is 1.78 bits per heavy atom. The van der Waals surface area contributed by atoms with Crippen molar-refractivity contribution in [1.82, 2.24) is 0 Å². The van der Waals surface area contributed by atoms with E-state index in [-0.39, 0.29) is 41.2 Å². The van der Waals surface area contributed by atoms with Crippen LogP contribution < -0.4 is 0 Å². The third kappa shape index (κ3) is 12.2. The molecule has 1 N–H and O–H groups in total. The zero-order chi connectivity index (χ0) is 6.78. The molecule has 3 nitrogen and oxygen atoms in total. The van der Waals surface area contributed by atoms with E-state index in [1.807, 2.05) is 0 Å². The van der Waals surface area contributed by atoms with E-state index in [2.05, 4.69) is 0 Å². The zero-order valence-corrected chi connectivity index (χ0v) is 5.77. The molecule has 0 radical (unpaired) electrons. The monoisotopic (exact) mass is 162 g/mol. The quantitative estimate of drug-likeness (QED) is 0.455. The Hall–Kier alpha value is 0.910. The van der Waals surface area contributed by atoms with Gasteiger partial charge in [0.25, 0.3) is 10.1 Å². The standard InChI is InChI=1S/C4H10O3S.Na.H/c1-4(2)3-8(5,6)7;;/h4H,3H2,1-2H3,(H,5,6,7);;. The van der Waals surface area contributed by atoms with E-state index >= 15 is 0 Å². The first-order valence-electron chi connectivity index (χ1n) is 2.37. The van der Waals surface area contributed by atoms with E-state index in [1.54, 1.807) is 13.8 Å². The van der Waals surface area contributed by atoms with Crippen LogP contribution in [0.3, 0.4) is 0 Å². The molecule has 0 aromatic heterocycles. The second-order valence-electron chi connectivity index (χ2n) is 2.14. The molecule has 0 spiro atoms. The molecule has 0 saturated heterocycles. The molecular weight excluding hydrogens is 151 g/mol. The van der Waals surface area contributed by atoms with Crippen LogP contribution in [-0.2, 0) is 10.1 Å². The summed E-state index contributed by atoms with van der Waals surface area (Å²) in [4.78, 5) is 0. The summed E-state index contributed by atoms with van der Waals surface area (Å²) in [6, 6.07) is 0. The van der Waals surface area contributed by atoms with Gasteiger partial charge < -0.3 is 0 Å². The summed E-state index contributed by atoms with van der Waals surface area (Å²) < 4.78 is 28.2. The molecule has 0 fully saturated rings.